The van der Waals surface area contributed by atoms with Gasteiger partial charge < -0.3 is 10.6 Å². The number of hydrogen-bond donors (Lipinski definition) is 2. The van der Waals surface area contributed by atoms with Gasteiger partial charge in [0.05, 0.1) is 17.8 Å². The van der Waals surface area contributed by atoms with E-state index in [1.807, 2.05) is 5.32 Å². The highest BCUT2D eigenvalue weighted by molar-refractivity contribution is 5.95. The minimum absolute atomic E-state index is 0.00783. The average Bonchev–Trinajstić information content (AvgIpc) is 3.47. The van der Waals surface area contributed by atoms with Gasteiger partial charge in [-0.3, -0.25) is 9.59 Å². The molecular formula is C19H14F6N2O2. The molecule has 2 atom stereocenters. The summed E-state index contributed by atoms with van der Waals surface area (Å²) >= 11 is 0. The first-order chi connectivity index (χ1) is 13.6. The Morgan fingerprint density at radius 3 is 2.38 bits per heavy atom. The number of carbonyl (C=O) groups excluding carboxylic acids is 2. The first kappa shape index (κ1) is 20.7. The topological polar surface area (TPSA) is 58.2 Å². The fraction of sp³-hybridized carbons (Fsp3) is 0.263. The minimum Gasteiger partial charge on any atom is -0.347 e. The first-order valence-corrected chi connectivity index (χ1v) is 8.46. The molecule has 0 radical (unpaired) electrons. The highest BCUT2D eigenvalue weighted by Gasteiger charge is 2.47. The second-order valence-corrected chi connectivity index (χ2v) is 6.52. The first-order valence-electron chi connectivity index (χ1n) is 8.46. The van der Waals surface area contributed by atoms with Crippen LogP contribution in [0.5, 0.6) is 0 Å². The number of carbonyl (C=O) groups is 2. The molecule has 0 heterocycles. The summed E-state index contributed by atoms with van der Waals surface area (Å²) in [5.74, 6) is -7.66. The maximum atomic E-state index is 13.5. The molecule has 1 aliphatic rings. The van der Waals surface area contributed by atoms with Crippen molar-refractivity contribution in [3.8, 4) is 0 Å². The minimum atomic E-state index is -4.55. The van der Waals surface area contributed by atoms with E-state index in [1.54, 1.807) is 0 Å². The molecule has 1 fully saturated rings. The van der Waals surface area contributed by atoms with E-state index in [4.69, 9.17) is 0 Å². The summed E-state index contributed by atoms with van der Waals surface area (Å²) in [7, 11) is 0. The van der Waals surface area contributed by atoms with Crippen molar-refractivity contribution in [1.82, 2.24) is 5.32 Å². The second kappa shape index (κ2) is 7.76. The van der Waals surface area contributed by atoms with E-state index in [-0.39, 0.29) is 12.0 Å². The van der Waals surface area contributed by atoms with Crippen LogP contribution in [-0.2, 0) is 15.8 Å². The molecule has 2 unspecified atom stereocenters. The van der Waals surface area contributed by atoms with E-state index in [0.29, 0.717) is 6.07 Å². The van der Waals surface area contributed by atoms with E-state index in [2.05, 4.69) is 5.32 Å². The molecule has 1 saturated carbocycles. The van der Waals surface area contributed by atoms with Crippen LogP contribution in [0.25, 0.3) is 0 Å². The molecule has 0 aromatic heterocycles. The summed E-state index contributed by atoms with van der Waals surface area (Å²) in [6.45, 7) is -0.610. The molecule has 3 rings (SSSR count). The van der Waals surface area contributed by atoms with Crippen molar-refractivity contribution in [1.29, 1.82) is 0 Å². The number of hydrogen-bond acceptors (Lipinski definition) is 2. The van der Waals surface area contributed by atoms with Crippen LogP contribution in [0.2, 0.25) is 0 Å². The van der Waals surface area contributed by atoms with Crippen LogP contribution >= 0.6 is 0 Å². The van der Waals surface area contributed by atoms with E-state index >= 15 is 0 Å². The van der Waals surface area contributed by atoms with Gasteiger partial charge in [-0.25, -0.2) is 13.2 Å². The largest absolute Gasteiger partial charge is 0.416 e. The number of nitrogens with one attached hydrogen (secondary N) is 2. The molecule has 2 aromatic carbocycles. The van der Waals surface area contributed by atoms with E-state index in [0.717, 1.165) is 12.1 Å². The molecule has 0 saturated heterocycles. The van der Waals surface area contributed by atoms with Gasteiger partial charge in [-0.1, -0.05) is 18.2 Å². The summed E-state index contributed by atoms with van der Waals surface area (Å²) in [5, 5.41) is 4.23. The predicted molar refractivity (Wildman–Crippen MR) is 90.2 cm³/mol. The molecule has 0 aliphatic heterocycles. The van der Waals surface area contributed by atoms with Crippen molar-refractivity contribution in [2.45, 2.75) is 18.5 Å². The van der Waals surface area contributed by atoms with Crippen molar-refractivity contribution in [3.05, 3.63) is 65.0 Å². The summed E-state index contributed by atoms with van der Waals surface area (Å²) in [5.41, 5.74) is -1.41. The van der Waals surface area contributed by atoms with Gasteiger partial charge in [-0.05, 0) is 36.1 Å². The van der Waals surface area contributed by atoms with Crippen LogP contribution in [0.3, 0.4) is 0 Å². The molecule has 2 amide bonds. The summed E-state index contributed by atoms with van der Waals surface area (Å²) in [4.78, 5) is 23.9. The third-order valence-electron chi connectivity index (χ3n) is 4.53. The van der Waals surface area contributed by atoms with Gasteiger partial charge in [0.25, 0.3) is 0 Å². The lowest BCUT2D eigenvalue weighted by Crippen LogP contribution is -2.34. The lowest BCUT2D eigenvalue weighted by Gasteiger charge is -2.12. The number of halogens is 6. The molecule has 0 spiro atoms. The number of amides is 2. The Hall–Kier alpha value is -3.04. The Morgan fingerprint density at radius 2 is 1.69 bits per heavy atom. The van der Waals surface area contributed by atoms with Gasteiger partial charge >= 0.3 is 6.18 Å². The highest BCUT2D eigenvalue weighted by atomic mass is 19.4. The lowest BCUT2D eigenvalue weighted by atomic mass is 10.0. The smallest absolute Gasteiger partial charge is 0.347 e. The fourth-order valence-corrected chi connectivity index (χ4v) is 3.02. The molecule has 4 nitrogen and oxygen atoms in total. The molecule has 154 valence electrons. The van der Waals surface area contributed by atoms with Gasteiger partial charge in [0, 0.05) is 5.92 Å². The van der Waals surface area contributed by atoms with Crippen molar-refractivity contribution in [3.63, 3.8) is 0 Å². The highest BCUT2D eigenvalue weighted by Crippen LogP contribution is 2.51. The van der Waals surface area contributed by atoms with Crippen molar-refractivity contribution >= 4 is 17.5 Å². The van der Waals surface area contributed by atoms with Gasteiger partial charge in [0.2, 0.25) is 11.8 Å². The van der Waals surface area contributed by atoms with Crippen LogP contribution in [0.4, 0.5) is 32.0 Å². The second-order valence-electron chi connectivity index (χ2n) is 6.52. The zero-order valence-corrected chi connectivity index (χ0v) is 14.6. The molecule has 2 aromatic rings. The quantitative estimate of drug-likeness (QED) is 0.572. The maximum absolute atomic E-state index is 13.5. The lowest BCUT2D eigenvalue weighted by molar-refractivity contribution is -0.138. The number of benzene rings is 2. The normalized spacial score (nSPS) is 18.3. The third kappa shape index (κ3) is 4.52. The SMILES string of the molecule is O=C(CNC(=O)C1CC1c1ccccc1C(F)(F)F)Nc1ccc(F)c(F)c1F. The van der Waals surface area contributed by atoms with E-state index < -0.39 is 65.1 Å². The summed E-state index contributed by atoms with van der Waals surface area (Å²) < 4.78 is 78.8. The van der Waals surface area contributed by atoms with Gasteiger partial charge in [0.15, 0.2) is 17.5 Å². The van der Waals surface area contributed by atoms with Crippen molar-refractivity contribution in [2.75, 3.05) is 11.9 Å². The Balaban J connectivity index is 1.57. The Morgan fingerprint density at radius 1 is 1.00 bits per heavy atom. The number of anilines is 1. The monoisotopic (exact) mass is 416 g/mol. The van der Waals surface area contributed by atoms with Crippen LogP contribution in [-0.4, -0.2) is 18.4 Å². The molecule has 29 heavy (non-hydrogen) atoms. The summed E-state index contributed by atoms with van der Waals surface area (Å²) in [6, 6.07) is 6.39. The number of rotatable bonds is 5. The zero-order chi connectivity index (χ0) is 21.3. The molecular weight excluding hydrogens is 402 g/mol. The Labute approximate surface area is 160 Å². The van der Waals surface area contributed by atoms with Gasteiger partial charge in [-0.15, -0.1) is 0 Å². The van der Waals surface area contributed by atoms with Gasteiger partial charge in [-0.2, -0.15) is 13.2 Å². The molecule has 10 heteroatoms. The number of alkyl halides is 3. The standard InChI is InChI=1S/C19H14F6N2O2/c20-13-5-6-14(17(22)16(13)21)27-15(28)8-26-18(29)11-7-10(11)9-3-1-2-4-12(9)19(23,24)25/h1-6,10-11H,7-8H2,(H,26,29)(H,27,28). The Kier molecular flexibility index (Phi) is 5.54. The molecule has 0 bridgehead atoms. The molecule has 2 N–H and O–H groups in total. The van der Waals surface area contributed by atoms with Crippen LogP contribution in [0.15, 0.2) is 36.4 Å². The fourth-order valence-electron chi connectivity index (χ4n) is 3.02. The maximum Gasteiger partial charge on any atom is 0.416 e. The summed E-state index contributed by atoms with van der Waals surface area (Å²) in [6.07, 6.45) is -4.35. The average molecular weight is 416 g/mol. The third-order valence-corrected chi connectivity index (χ3v) is 4.53. The van der Waals surface area contributed by atoms with Crippen LogP contribution < -0.4 is 10.6 Å². The van der Waals surface area contributed by atoms with Crippen LogP contribution in [0, 0.1) is 23.4 Å². The van der Waals surface area contributed by atoms with E-state index in [1.165, 1.54) is 18.2 Å². The predicted octanol–water partition coefficient (Wildman–Crippen LogP) is 3.98. The van der Waals surface area contributed by atoms with Gasteiger partial charge in [0.1, 0.15) is 0 Å². The van der Waals surface area contributed by atoms with E-state index in [9.17, 15) is 35.9 Å². The molecule has 1 aliphatic carbocycles. The zero-order valence-electron chi connectivity index (χ0n) is 14.6. The van der Waals surface area contributed by atoms with Crippen molar-refractivity contribution in [2.24, 2.45) is 5.92 Å². The Bertz CT molecular complexity index is 960. The van der Waals surface area contributed by atoms with Crippen LogP contribution in [0.1, 0.15) is 23.5 Å². The van der Waals surface area contributed by atoms with Crippen molar-refractivity contribution < 1.29 is 35.9 Å².